The molecule has 2 rings (SSSR count). The summed E-state index contributed by atoms with van der Waals surface area (Å²) in [5.41, 5.74) is -0.138. The first-order valence-electron chi connectivity index (χ1n) is 6.91. The zero-order chi connectivity index (χ0) is 12.7. The lowest BCUT2D eigenvalue weighted by molar-refractivity contribution is -0.0708. The molecule has 0 amide bonds. The van der Waals surface area contributed by atoms with Crippen molar-refractivity contribution in [3.05, 3.63) is 0 Å². The topological polar surface area (TPSA) is 41.5 Å². The van der Waals surface area contributed by atoms with Gasteiger partial charge < -0.3 is 15.2 Å². The first-order valence-corrected chi connectivity index (χ1v) is 6.91. The van der Waals surface area contributed by atoms with Crippen LogP contribution >= 0.6 is 0 Å². The predicted octanol–water partition coefficient (Wildman–Crippen LogP) is 2.08. The number of aliphatic hydroxyl groups excluding tert-OH is 1. The summed E-state index contributed by atoms with van der Waals surface area (Å²) in [4.78, 5) is 0. The Morgan fingerprint density at radius 2 is 1.94 bits per heavy atom. The SMILES string of the molecule is CC1(C)CC(NC2CCCC2CO)C(C)(C)O1. The van der Waals surface area contributed by atoms with E-state index in [1.54, 1.807) is 0 Å². The molecule has 0 aromatic rings. The molecule has 1 aliphatic carbocycles. The lowest BCUT2D eigenvalue weighted by atomic mass is 9.92. The smallest absolute Gasteiger partial charge is 0.0787 e. The molecule has 1 saturated heterocycles. The van der Waals surface area contributed by atoms with Crippen LogP contribution in [0.4, 0.5) is 0 Å². The molecule has 0 aromatic heterocycles. The summed E-state index contributed by atoms with van der Waals surface area (Å²) >= 11 is 0. The van der Waals surface area contributed by atoms with Gasteiger partial charge in [-0.1, -0.05) is 6.42 Å². The van der Waals surface area contributed by atoms with Crippen LogP contribution in [0.2, 0.25) is 0 Å². The second kappa shape index (κ2) is 4.52. The van der Waals surface area contributed by atoms with Gasteiger partial charge in [0.05, 0.1) is 11.2 Å². The number of nitrogens with one attached hydrogen (secondary N) is 1. The lowest BCUT2D eigenvalue weighted by Gasteiger charge is -2.31. The van der Waals surface area contributed by atoms with E-state index in [9.17, 15) is 5.11 Å². The number of hydrogen-bond acceptors (Lipinski definition) is 3. The van der Waals surface area contributed by atoms with Crippen LogP contribution in [0.25, 0.3) is 0 Å². The lowest BCUT2D eigenvalue weighted by Crippen LogP contribution is -2.49. The van der Waals surface area contributed by atoms with Gasteiger partial charge in [-0.2, -0.15) is 0 Å². The van der Waals surface area contributed by atoms with Crippen LogP contribution in [0.5, 0.6) is 0 Å². The minimum absolute atomic E-state index is 0.0333. The second-order valence-electron chi connectivity index (χ2n) is 6.87. The van der Waals surface area contributed by atoms with Gasteiger partial charge in [-0.3, -0.25) is 0 Å². The Kier molecular flexibility index (Phi) is 3.54. The van der Waals surface area contributed by atoms with E-state index in [2.05, 4.69) is 33.0 Å². The Labute approximate surface area is 105 Å². The molecule has 0 radical (unpaired) electrons. The zero-order valence-corrected chi connectivity index (χ0v) is 11.6. The highest BCUT2D eigenvalue weighted by atomic mass is 16.5. The highest BCUT2D eigenvalue weighted by Gasteiger charge is 2.47. The van der Waals surface area contributed by atoms with Crippen LogP contribution in [0.15, 0.2) is 0 Å². The van der Waals surface area contributed by atoms with E-state index in [1.165, 1.54) is 12.8 Å². The van der Waals surface area contributed by atoms with E-state index in [4.69, 9.17) is 4.74 Å². The van der Waals surface area contributed by atoms with Crippen molar-refractivity contribution in [1.29, 1.82) is 0 Å². The maximum Gasteiger partial charge on any atom is 0.0787 e. The molecular weight excluding hydrogens is 214 g/mol. The van der Waals surface area contributed by atoms with E-state index in [1.807, 2.05) is 0 Å². The van der Waals surface area contributed by atoms with Gasteiger partial charge in [-0.05, 0) is 52.9 Å². The monoisotopic (exact) mass is 241 g/mol. The fourth-order valence-electron chi connectivity index (χ4n) is 3.56. The third kappa shape index (κ3) is 2.83. The predicted molar refractivity (Wildman–Crippen MR) is 69.0 cm³/mol. The van der Waals surface area contributed by atoms with Gasteiger partial charge in [0.2, 0.25) is 0 Å². The van der Waals surface area contributed by atoms with Crippen molar-refractivity contribution in [2.75, 3.05) is 6.61 Å². The van der Waals surface area contributed by atoms with Crippen molar-refractivity contribution in [2.24, 2.45) is 5.92 Å². The molecule has 2 fully saturated rings. The van der Waals surface area contributed by atoms with Crippen molar-refractivity contribution in [3.63, 3.8) is 0 Å². The minimum Gasteiger partial charge on any atom is -0.396 e. The molecule has 0 bridgehead atoms. The van der Waals surface area contributed by atoms with Gasteiger partial charge in [0.1, 0.15) is 0 Å². The Balaban J connectivity index is 1.99. The largest absolute Gasteiger partial charge is 0.396 e. The van der Waals surface area contributed by atoms with Gasteiger partial charge in [-0.15, -0.1) is 0 Å². The molecule has 3 atom stereocenters. The number of aliphatic hydroxyl groups is 1. The van der Waals surface area contributed by atoms with Crippen molar-refractivity contribution in [3.8, 4) is 0 Å². The summed E-state index contributed by atoms with van der Waals surface area (Å²) in [5.74, 6) is 0.439. The molecule has 17 heavy (non-hydrogen) atoms. The number of ether oxygens (including phenoxy) is 1. The van der Waals surface area contributed by atoms with Crippen LogP contribution in [-0.4, -0.2) is 35.0 Å². The van der Waals surface area contributed by atoms with Gasteiger partial charge in [0, 0.05) is 18.7 Å². The van der Waals surface area contributed by atoms with Crippen LogP contribution in [-0.2, 0) is 4.74 Å². The Morgan fingerprint density at radius 3 is 2.47 bits per heavy atom. The molecule has 1 saturated carbocycles. The molecular formula is C14H27NO2. The van der Waals surface area contributed by atoms with Gasteiger partial charge in [0.15, 0.2) is 0 Å². The standard InChI is InChI=1S/C14H27NO2/c1-13(2)8-12(14(3,4)17-13)15-11-7-5-6-10(11)9-16/h10-12,15-16H,5-9H2,1-4H3. The molecule has 0 aromatic carbocycles. The molecule has 3 nitrogen and oxygen atoms in total. The van der Waals surface area contributed by atoms with E-state index >= 15 is 0 Å². The van der Waals surface area contributed by atoms with Gasteiger partial charge in [-0.25, -0.2) is 0 Å². The van der Waals surface area contributed by atoms with E-state index in [0.29, 0.717) is 24.6 Å². The maximum absolute atomic E-state index is 9.37. The molecule has 0 spiro atoms. The van der Waals surface area contributed by atoms with Crippen LogP contribution in [0, 0.1) is 5.92 Å². The zero-order valence-electron chi connectivity index (χ0n) is 11.6. The highest BCUT2D eigenvalue weighted by molar-refractivity contribution is 5.01. The molecule has 100 valence electrons. The van der Waals surface area contributed by atoms with Crippen LogP contribution in [0.3, 0.4) is 0 Å². The van der Waals surface area contributed by atoms with Gasteiger partial charge >= 0.3 is 0 Å². The number of rotatable bonds is 3. The maximum atomic E-state index is 9.37. The summed E-state index contributed by atoms with van der Waals surface area (Å²) in [6.07, 6.45) is 4.64. The third-order valence-corrected chi connectivity index (χ3v) is 4.38. The molecule has 1 aliphatic heterocycles. The van der Waals surface area contributed by atoms with Crippen LogP contribution in [0.1, 0.15) is 53.4 Å². The van der Waals surface area contributed by atoms with Crippen molar-refractivity contribution in [1.82, 2.24) is 5.32 Å². The quantitative estimate of drug-likeness (QED) is 0.795. The van der Waals surface area contributed by atoms with E-state index < -0.39 is 0 Å². The fraction of sp³-hybridized carbons (Fsp3) is 1.00. The molecule has 2 aliphatic rings. The van der Waals surface area contributed by atoms with Gasteiger partial charge in [0.25, 0.3) is 0 Å². The highest BCUT2D eigenvalue weighted by Crippen LogP contribution is 2.38. The minimum atomic E-state index is -0.105. The molecule has 3 unspecified atom stereocenters. The van der Waals surface area contributed by atoms with E-state index in [-0.39, 0.29) is 11.2 Å². The average Bonchev–Trinajstić information content (AvgIpc) is 2.69. The van der Waals surface area contributed by atoms with E-state index in [0.717, 1.165) is 12.8 Å². The second-order valence-corrected chi connectivity index (χ2v) is 6.87. The third-order valence-electron chi connectivity index (χ3n) is 4.38. The molecule has 3 heteroatoms. The van der Waals surface area contributed by atoms with Crippen molar-refractivity contribution in [2.45, 2.75) is 76.7 Å². The summed E-state index contributed by atoms with van der Waals surface area (Å²) in [6.45, 7) is 8.98. The Hall–Kier alpha value is -0.120. The summed E-state index contributed by atoms with van der Waals surface area (Å²) in [6, 6.07) is 0.872. The van der Waals surface area contributed by atoms with Crippen LogP contribution < -0.4 is 5.32 Å². The first-order chi connectivity index (χ1) is 7.84. The fourth-order valence-corrected chi connectivity index (χ4v) is 3.56. The Morgan fingerprint density at radius 1 is 1.24 bits per heavy atom. The molecule has 1 heterocycles. The van der Waals surface area contributed by atoms with Crippen molar-refractivity contribution >= 4 is 0 Å². The average molecular weight is 241 g/mol. The summed E-state index contributed by atoms with van der Waals surface area (Å²) < 4.78 is 6.10. The Bertz CT molecular complexity index is 275. The first kappa shape index (κ1) is 13.3. The number of hydrogen-bond donors (Lipinski definition) is 2. The summed E-state index contributed by atoms with van der Waals surface area (Å²) in [7, 11) is 0. The normalized spacial score (nSPS) is 39.7. The van der Waals surface area contributed by atoms with Crippen molar-refractivity contribution < 1.29 is 9.84 Å². The summed E-state index contributed by atoms with van der Waals surface area (Å²) in [5, 5.41) is 13.1. The molecule has 2 N–H and O–H groups in total.